The van der Waals surface area contributed by atoms with Gasteiger partial charge in [0, 0.05) is 43.5 Å². The summed E-state index contributed by atoms with van der Waals surface area (Å²) in [5, 5.41) is 18.0. The number of thiazole rings is 1. The molecule has 160 valence electrons. The molecule has 0 spiro atoms. The zero-order valence-electron chi connectivity index (χ0n) is 16.8. The van der Waals surface area contributed by atoms with Gasteiger partial charge in [0.1, 0.15) is 0 Å². The fourth-order valence-electron chi connectivity index (χ4n) is 3.20. The minimum atomic E-state index is -0.128. The van der Waals surface area contributed by atoms with E-state index in [4.69, 9.17) is 0 Å². The molecule has 0 saturated carbocycles. The molecule has 0 atom stereocenters. The van der Waals surface area contributed by atoms with Gasteiger partial charge < -0.3 is 9.88 Å². The van der Waals surface area contributed by atoms with Crippen LogP contribution in [0.2, 0.25) is 0 Å². The van der Waals surface area contributed by atoms with Gasteiger partial charge in [-0.2, -0.15) is 0 Å². The van der Waals surface area contributed by atoms with Crippen molar-refractivity contribution in [1.82, 2.24) is 19.7 Å². The molecule has 0 unspecified atom stereocenters. The summed E-state index contributed by atoms with van der Waals surface area (Å²) >= 11 is 7.88. The highest BCUT2D eigenvalue weighted by Crippen LogP contribution is 2.34. The zero-order valence-corrected chi connectivity index (χ0v) is 20.8. The Morgan fingerprint density at radius 1 is 1.09 bits per heavy atom. The number of thiophene rings is 1. The van der Waals surface area contributed by atoms with Gasteiger partial charge in [-0.05, 0) is 18.2 Å². The second-order valence-corrected chi connectivity index (χ2v) is 10.5. The van der Waals surface area contributed by atoms with Crippen molar-refractivity contribution in [2.24, 2.45) is 7.05 Å². The Labute approximate surface area is 204 Å². The molecule has 1 amide bonds. The molecular formula is C22H16BrN5OS3. The van der Waals surface area contributed by atoms with Crippen LogP contribution >= 0.6 is 50.4 Å². The Kier molecular flexibility index (Phi) is 6.09. The maximum atomic E-state index is 12.5. The fourth-order valence-corrected chi connectivity index (χ4v) is 5.85. The number of amides is 1. The van der Waals surface area contributed by atoms with Crippen LogP contribution < -0.4 is 5.32 Å². The molecule has 3 aromatic heterocycles. The van der Waals surface area contributed by atoms with E-state index in [1.807, 2.05) is 53.4 Å². The number of anilines is 1. The number of benzene rings is 2. The quantitative estimate of drug-likeness (QED) is 0.255. The fraction of sp³-hybridized carbons (Fsp3) is 0.0909. The van der Waals surface area contributed by atoms with E-state index in [0.717, 1.165) is 32.5 Å². The summed E-state index contributed by atoms with van der Waals surface area (Å²) < 4.78 is 4.16. The number of nitrogens with one attached hydrogen (secondary N) is 1. The number of carbonyl (C=O) groups is 1. The summed E-state index contributed by atoms with van der Waals surface area (Å²) in [6.45, 7) is 0. The smallest absolute Gasteiger partial charge is 0.236 e. The average Bonchev–Trinajstić information content (AvgIpc) is 3.52. The molecule has 10 heteroatoms. The molecule has 32 heavy (non-hydrogen) atoms. The van der Waals surface area contributed by atoms with Crippen molar-refractivity contribution >= 4 is 71.5 Å². The minimum Gasteiger partial charge on any atom is -0.305 e. The van der Waals surface area contributed by atoms with Crippen LogP contribution in [0.1, 0.15) is 0 Å². The van der Waals surface area contributed by atoms with Crippen LogP contribution in [0.4, 0.5) is 5.13 Å². The zero-order chi connectivity index (χ0) is 22.1. The van der Waals surface area contributed by atoms with Crippen LogP contribution in [0.25, 0.3) is 32.7 Å². The Bertz CT molecular complexity index is 1410. The van der Waals surface area contributed by atoms with Crippen molar-refractivity contribution in [1.29, 1.82) is 0 Å². The lowest BCUT2D eigenvalue weighted by molar-refractivity contribution is -0.113. The number of hydrogen-bond donors (Lipinski definition) is 1. The van der Waals surface area contributed by atoms with Crippen LogP contribution in [0.15, 0.2) is 68.9 Å². The first-order valence-corrected chi connectivity index (χ1v) is 13.1. The highest BCUT2D eigenvalue weighted by molar-refractivity contribution is 9.10. The monoisotopic (exact) mass is 541 g/mol. The van der Waals surface area contributed by atoms with Gasteiger partial charge in [-0.1, -0.05) is 58.0 Å². The third kappa shape index (κ3) is 4.36. The molecule has 0 aliphatic carbocycles. The van der Waals surface area contributed by atoms with E-state index in [-0.39, 0.29) is 11.7 Å². The number of fused-ring (bicyclic) bond motifs is 1. The van der Waals surface area contributed by atoms with E-state index in [2.05, 4.69) is 53.9 Å². The predicted molar refractivity (Wildman–Crippen MR) is 136 cm³/mol. The third-order valence-corrected chi connectivity index (χ3v) is 8.05. The number of hydrogen-bond acceptors (Lipinski definition) is 7. The van der Waals surface area contributed by atoms with E-state index in [1.165, 1.54) is 27.8 Å². The largest absolute Gasteiger partial charge is 0.305 e. The van der Waals surface area contributed by atoms with E-state index >= 15 is 0 Å². The van der Waals surface area contributed by atoms with E-state index < -0.39 is 0 Å². The lowest BCUT2D eigenvalue weighted by Gasteiger charge is -2.04. The summed E-state index contributed by atoms with van der Waals surface area (Å²) in [4.78, 5) is 17.0. The second kappa shape index (κ2) is 9.14. The predicted octanol–water partition coefficient (Wildman–Crippen LogP) is 6.31. The average molecular weight is 543 g/mol. The second-order valence-electron chi connectivity index (χ2n) is 6.89. The minimum absolute atomic E-state index is 0.128. The van der Waals surface area contributed by atoms with Gasteiger partial charge in [0.25, 0.3) is 0 Å². The Morgan fingerprint density at radius 2 is 1.91 bits per heavy atom. The summed E-state index contributed by atoms with van der Waals surface area (Å²) in [5.41, 5.74) is 2.90. The molecule has 0 aliphatic heterocycles. The maximum absolute atomic E-state index is 12.5. The highest BCUT2D eigenvalue weighted by Gasteiger charge is 2.16. The molecule has 0 saturated heterocycles. The van der Waals surface area contributed by atoms with Crippen LogP contribution in [-0.4, -0.2) is 31.4 Å². The first-order valence-electron chi connectivity index (χ1n) is 9.58. The number of halogens is 1. The number of rotatable bonds is 6. The van der Waals surface area contributed by atoms with Gasteiger partial charge in [-0.15, -0.1) is 32.9 Å². The normalized spacial score (nSPS) is 11.2. The molecule has 1 N–H and O–H groups in total. The molecular weight excluding hydrogens is 526 g/mol. The van der Waals surface area contributed by atoms with Gasteiger partial charge in [0.05, 0.1) is 11.4 Å². The summed E-state index contributed by atoms with van der Waals surface area (Å²) in [7, 11) is 1.92. The van der Waals surface area contributed by atoms with Gasteiger partial charge >= 0.3 is 0 Å². The summed E-state index contributed by atoms with van der Waals surface area (Å²) in [5.74, 6) is 0.894. The molecule has 0 bridgehead atoms. The third-order valence-electron chi connectivity index (χ3n) is 4.78. The number of aromatic nitrogens is 4. The van der Waals surface area contributed by atoms with Crippen LogP contribution in [-0.2, 0) is 11.8 Å². The first kappa shape index (κ1) is 21.3. The van der Waals surface area contributed by atoms with Crippen LogP contribution in [0.3, 0.4) is 0 Å². The van der Waals surface area contributed by atoms with Gasteiger partial charge in [0.2, 0.25) is 5.91 Å². The van der Waals surface area contributed by atoms with Crippen molar-refractivity contribution in [3.63, 3.8) is 0 Å². The standard InChI is InChI=1S/C22H16BrN5OS3/c1-28-20(16-10-30-18-5-3-2-4-15(16)18)26-27-22(28)32-12-19(29)25-21-24-17(11-31-21)13-6-8-14(23)9-7-13/h2-11H,12H2,1H3,(H,24,25,29). The molecule has 6 nitrogen and oxygen atoms in total. The Morgan fingerprint density at radius 3 is 2.75 bits per heavy atom. The van der Waals surface area contributed by atoms with Crippen molar-refractivity contribution < 1.29 is 4.79 Å². The van der Waals surface area contributed by atoms with E-state index in [1.54, 1.807) is 11.3 Å². The Balaban J connectivity index is 1.24. The molecule has 3 heterocycles. The van der Waals surface area contributed by atoms with Gasteiger partial charge in [-0.3, -0.25) is 4.79 Å². The summed E-state index contributed by atoms with van der Waals surface area (Å²) in [6.07, 6.45) is 0. The van der Waals surface area contributed by atoms with Gasteiger partial charge in [0.15, 0.2) is 16.1 Å². The molecule has 0 radical (unpaired) electrons. The van der Waals surface area contributed by atoms with Crippen molar-refractivity contribution in [3.8, 4) is 22.6 Å². The number of carbonyl (C=O) groups excluding carboxylic acids is 1. The maximum Gasteiger partial charge on any atom is 0.236 e. The molecule has 2 aromatic carbocycles. The van der Waals surface area contributed by atoms with E-state index in [0.29, 0.717) is 10.3 Å². The van der Waals surface area contributed by atoms with Crippen molar-refractivity contribution in [2.45, 2.75) is 5.16 Å². The van der Waals surface area contributed by atoms with Gasteiger partial charge in [-0.25, -0.2) is 4.98 Å². The lowest BCUT2D eigenvalue weighted by Crippen LogP contribution is -2.14. The topological polar surface area (TPSA) is 72.7 Å². The number of nitrogens with zero attached hydrogens (tertiary/aromatic N) is 4. The number of thioether (sulfide) groups is 1. The van der Waals surface area contributed by atoms with E-state index in [9.17, 15) is 4.79 Å². The van der Waals surface area contributed by atoms with Crippen molar-refractivity contribution in [3.05, 3.63) is 63.8 Å². The van der Waals surface area contributed by atoms with Crippen molar-refractivity contribution in [2.75, 3.05) is 11.1 Å². The molecule has 5 rings (SSSR count). The van der Waals surface area contributed by atoms with Crippen LogP contribution in [0, 0.1) is 0 Å². The molecule has 0 fully saturated rings. The Hall–Kier alpha value is -2.53. The molecule has 0 aliphatic rings. The van der Waals surface area contributed by atoms with Crippen LogP contribution in [0.5, 0.6) is 0 Å². The SMILES string of the molecule is Cn1c(SCC(=O)Nc2nc(-c3ccc(Br)cc3)cs2)nnc1-c1csc2ccccc12. The first-order chi connectivity index (χ1) is 15.6. The lowest BCUT2D eigenvalue weighted by atomic mass is 10.2. The summed E-state index contributed by atoms with van der Waals surface area (Å²) in [6, 6.07) is 16.2. The molecule has 5 aromatic rings. The highest BCUT2D eigenvalue weighted by atomic mass is 79.9.